The minimum Gasteiger partial charge on any atom is -0.280 e. The molecule has 27 heavy (non-hydrogen) atoms. The van der Waals surface area contributed by atoms with Crippen LogP contribution in [0, 0.1) is 0 Å². The van der Waals surface area contributed by atoms with Gasteiger partial charge in [-0.2, -0.15) is 5.10 Å². The fourth-order valence-electron chi connectivity index (χ4n) is 2.12. The van der Waals surface area contributed by atoms with Crippen LogP contribution in [0.1, 0.15) is 15.2 Å². The second-order valence-corrected chi connectivity index (χ2v) is 8.45. The van der Waals surface area contributed by atoms with Crippen LogP contribution in [0.25, 0.3) is 0 Å². The lowest BCUT2D eigenvalue weighted by molar-refractivity contribution is 0.0955. The van der Waals surface area contributed by atoms with Crippen LogP contribution < -0.4 is 10.1 Å². The highest BCUT2D eigenvalue weighted by atomic mass is 35.5. The number of hydrogen-bond acceptors (Lipinski definition) is 5. The number of rotatable bonds is 6. The van der Waals surface area contributed by atoms with E-state index >= 15 is 0 Å². The summed E-state index contributed by atoms with van der Waals surface area (Å²) in [5, 5.41) is 6.26. The average Bonchev–Trinajstić information content (AvgIpc) is 3.17. The largest absolute Gasteiger partial charge is 0.280 e. The average molecular weight is 420 g/mol. The Morgan fingerprint density at radius 1 is 1.07 bits per heavy atom. The van der Waals surface area contributed by atoms with Gasteiger partial charge in [-0.25, -0.2) is 13.8 Å². The molecule has 1 heterocycles. The summed E-state index contributed by atoms with van der Waals surface area (Å²) < 4.78 is 27.5. The highest BCUT2D eigenvalue weighted by Crippen LogP contribution is 2.19. The van der Waals surface area contributed by atoms with Crippen molar-refractivity contribution in [1.29, 1.82) is 0 Å². The second-order valence-electron chi connectivity index (χ2n) is 5.35. The van der Waals surface area contributed by atoms with Gasteiger partial charge in [-0.1, -0.05) is 23.7 Å². The van der Waals surface area contributed by atoms with E-state index < -0.39 is 15.9 Å². The van der Waals surface area contributed by atoms with E-state index in [0.29, 0.717) is 10.7 Å². The van der Waals surface area contributed by atoms with Crippen LogP contribution in [0.15, 0.2) is 76.0 Å². The highest BCUT2D eigenvalue weighted by Gasteiger charge is 2.16. The Kier molecular flexibility index (Phi) is 5.90. The summed E-state index contributed by atoms with van der Waals surface area (Å²) >= 11 is 7.28. The molecule has 0 saturated carbocycles. The van der Waals surface area contributed by atoms with Crippen molar-refractivity contribution in [3.05, 3.63) is 81.5 Å². The molecule has 1 aromatic heterocycles. The number of hydrogen-bond donors (Lipinski definition) is 2. The van der Waals surface area contributed by atoms with Crippen LogP contribution >= 0.6 is 22.9 Å². The monoisotopic (exact) mass is 419 g/mol. The first-order valence-corrected chi connectivity index (χ1v) is 10.4. The van der Waals surface area contributed by atoms with Crippen molar-refractivity contribution >= 4 is 50.8 Å². The maximum atomic E-state index is 12.5. The van der Waals surface area contributed by atoms with Gasteiger partial charge in [-0.3, -0.25) is 9.52 Å². The topological polar surface area (TPSA) is 87.6 Å². The Balaban J connectivity index is 1.73. The summed E-state index contributed by atoms with van der Waals surface area (Å²) in [6.45, 7) is 0. The molecule has 0 aliphatic rings. The molecule has 2 aromatic carbocycles. The van der Waals surface area contributed by atoms with Gasteiger partial charge in [0.2, 0.25) is 0 Å². The van der Waals surface area contributed by atoms with Crippen molar-refractivity contribution in [2.24, 2.45) is 5.10 Å². The molecule has 0 radical (unpaired) electrons. The van der Waals surface area contributed by atoms with Crippen molar-refractivity contribution in [2.75, 3.05) is 4.72 Å². The number of amides is 1. The molecule has 6 nitrogen and oxygen atoms in total. The Morgan fingerprint density at radius 3 is 2.56 bits per heavy atom. The number of hydrazone groups is 1. The lowest BCUT2D eigenvalue weighted by atomic mass is 10.2. The molecule has 0 atom stereocenters. The van der Waals surface area contributed by atoms with Crippen LogP contribution in [-0.4, -0.2) is 20.5 Å². The molecule has 0 fully saturated rings. The molecule has 138 valence electrons. The van der Waals surface area contributed by atoms with Crippen LogP contribution in [0.5, 0.6) is 0 Å². The van der Waals surface area contributed by atoms with Crippen LogP contribution in [0.4, 0.5) is 5.69 Å². The van der Waals surface area contributed by atoms with Crippen LogP contribution in [-0.2, 0) is 10.0 Å². The quantitative estimate of drug-likeness (QED) is 0.468. The fourth-order valence-corrected chi connectivity index (χ4v) is 3.94. The summed E-state index contributed by atoms with van der Waals surface area (Å²) in [7, 11) is -3.85. The number of carbonyl (C=O) groups is 1. The number of carbonyl (C=O) groups excluding carboxylic acids is 1. The normalized spacial score (nSPS) is 11.4. The minimum atomic E-state index is -3.85. The Morgan fingerprint density at radius 2 is 1.85 bits per heavy atom. The summed E-state index contributed by atoms with van der Waals surface area (Å²) in [4.78, 5) is 13.0. The summed E-state index contributed by atoms with van der Waals surface area (Å²) in [6.07, 6.45) is 1.52. The van der Waals surface area contributed by atoms with Gasteiger partial charge in [0.15, 0.2) is 0 Å². The number of nitrogens with one attached hydrogen (secondary N) is 2. The predicted molar refractivity (Wildman–Crippen MR) is 108 cm³/mol. The Bertz CT molecular complexity index is 1060. The van der Waals surface area contributed by atoms with Crippen molar-refractivity contribution in [3.8, 4) is 0 Å². The molecule has 0 unspecified atom stereocenters. The lowest BCUT2D eigenvalue weighted by Gasteiger charge is -2.09. The molecule has 0 aliphatic heterocycles. The standard InChI is InChI=1S/C18H14ClN3O3S2/c19-14-6-8-15(9-7-14)22-27(24,25)17-5-1-3-13(11-17)18(23)21-20-12-16-4-2-10-26-16/h1-12,22H,(H,21,23)/b20-12+. The first-order chi connectivity index (χ1) is 12.9. The highest BCUT2D eigenvalue weighted by molar-refractivity contribution is 7.92. The minimum absolute atomic E-state index is 0.0349. The van der Waals surface area contributed by atoms with Gasteiger partial charge in [0.1, 0.15) is 0 Å². The smallest absolute Gasteiger partial charge is 0.271 e. The van der Waals surface area contributed by atoms with Gasteiger partial charge in [0, 0.05) is 21.2 Å². The van der Waals surface area contributed by atoms with Gasteiger partial charge in [-0.05, 0) is 53.9 Å². The molecule has 1 amide bonds. The van der Waals surface area contributed by atoms with E-state index in [2.05, 4.69) is 15.2 Å². The van der Waals surface area contributed by atoms with E-state index in [9.17, 15) is 13.2 Å². The van der Waals surface area contributed by atoms with Crippen LogP contribution in [0.2, 0.25) is 5.02 Å². The van der Waals surface area contributed by atoms with Gasteiger partial charge >= 0.3 is 0 Å². The van der Waals surface area contributed by atoms with Gasteiger partial charge in [0.05, 0.1) is 11.1 Å². The number of anilines is 1. The molecule has 9 heteroatoms. The zero-order valence-electron chi connectivity index (χ0n) is 13.8. The van der Waals surface area contributed by atoms with Gasteiger partial charge < -0.3 is 0 Å². The fraction of sp³-hybridized carbons (Fsp3) is 0. The van der Waals surface area contributed by atoms with E-state index in [0.717, 1.165) is 4.88 Å². The molecular formula is C18H14ClN3O3S2. The summed E-state index contributed by atoms with van der Waals surface area (Å²) in [6, 6.07) is 15.7. The van der Waals surface area contributed by atoms with E-state index in [4.69, 9.17) is 11.6 Å². The third kappa shape index (κ3) is 5.16. The maximum absolute atomic E-state index is 12.5. The Hall–Kier alpha value is -2.68. The van der Waals surface area contributed by atoms with Crippen LogP contribution in [0.3, 0.4) is 0 Å². The predicted octanol–water partition coefficient (Wildman–Crippen LogP) is 3.97. The zero-order chi connectivity index (χ0) is 19.3. The number of thiophene rings is 1. The molecule has 0 aliphatic carbocycles. The molecular weight excluding hydrogens is 406 g/mol. The van der Waals surface area contributed by atoms with Gasteiger partial charge in [-0.15, -0.1) is 11.3 Å². The second kappa shape index (κ2) is 8.34. The third-order valence-corrected chi connectivity index (χ3v) is 5.84. The number of benzene rings is 2. The number of nitrogens with zero attached hydrogens (tertiary/aromatic N) is 1. The van der Waals surface area contributed by atoms with Crippen molar-refractivity contribution in [2.45, 2.75) is 4.90 Å². The summed E-state index contributed by atoms with van der Waals surface area (Å²) in [5.41, 5.74) is 2.93. The zero-order valence-corrected chi connectivity index (χ0v) is 16.2. The van der Waals surface area contributed by atoms with Gasteiger partial charge in [0.25, 0.3) is 15.9 Å². The van der Waals surface area contributed by atoms with E-state index in [-0.39, 0.29) is 10.5 Å². The first-order valence-electron chi connectivity index (χ1n) is 7.69. The number of sulfonamides is 1. The molecule has 3 aromatic rings. The SMILES string of the molecule is O=C(N/N=C/c1cccs1)c1cccc(S(=O)(=O)Nc2ccc(Cl)cc2)c1. The molecule has 0 spiro atoms. The summed E-state index contributed by atoms with van der Waals surface area (Å²) in [5.74, 6) is -0.508. The third-order valence-electron chi connectivity index (χ3n) is 3.40. The first kappa shape index (κ1) is 19.1. The maximum Gasteiger partial charge on any atom is 0.271 e. The van der Waals surface area contributed by atoms with E-state index in [1.165, 1.54) is 41.8 Å². The number of halogens is 1. The molecule has 2 N–H and O–H groups in total. The molecule has 3 rings (SSSR count). The van der Waals surface area contributed by atoms with Crippen molar-refractivity contribution in [3.63, 3.8) is 0 Å². The van der Waals surface area contributed by atoms with Crippen molar-refractivity contribution < 1.29 is 13.2 Å². The molecule has 0 bridgehead atoms. The van der Waals surface area contributed by atoms with Crippen molar-refractivity contribution in [1.82, 2.24) is 5.43 Å². The Labute approximate surface area is 165 Å². The molecule has 0 saturated heterocycles. The lowest BCUT2D eigenvalue weighted by Crippen LogP contribution is -2.19. The van der Waals surface area contributed by atoms with E-state index in [1.807, 2.05) is 17.5 Å². The van der Waals surface area contributed by atoms with E-state index in [1.54, 1.807) is 24.3 Å².